The number of rotatable bonds is 6. The maximum atomic E-state index is 14.1. The van der Waals surface area contributed by atoms with E-state index < -0.39 is 25.0 Å². The molecule has 1 aromatic rings. The summed E-state index contributed by atoms with van der Waals surface area (Å²) in [5, 5.41) is 3.83. The Morgan fingerprint density at radius 3 is 2.37 bits per heavy atom. The predicted octanol–water partition coefficient (Wildman–Crippen LogP) is 6.55. The number of hydrogen-bond donors (Lipinski definition) is 1. The van der Waals surface area contributed by atoms with E-state index in [-0.39, 0.29) is 28.9 Å². The number of hydrogen-bond acceptors (Lipinski definition) is 7. The number of benzene rings is 1. The Labute approximate surface area is 247 Å². The summed E-state index contributed by atoms with van der Waals surface area (Å²) < 4.78 is 24.0. The van der Waals surface area contributed by atoms with Crippen LogP contribution in [-0.4, -0.2) is 59.0 Å². The van der Waals surface area contributed by atoms with Gasteiger partial charge < -0.3 is 18.6 Å². The first-order valence-electron chi connectivity index (χ1n) is 14.8. The third-order valence-corrected chi connectivity index (χ3v) is 14.6. The molecule has 1 saturated heterocycles. The minimum absolute atomic E-state index is 0.0188. The fourth-order valence-corrected chi connectivity index (χ4v) is 8.23. The van der Waals surface area contributed by atoms with Gasteiger partial charge in [0.25, 0.3) is 0 Å². The molecular weight excluding hydrogens is 536 g/mol. The Hall–Kier alpha value is -2.36. The normalized spacial score (nSPS) is 28.1. The van der Waals surface area contributed by atoms with Crippen LogP contribution in [0.2, 0.25) is 18.1 Å². The molecule has 2 fully saturated rings. The fraction of sp³-hybridized carbons (Fsp3) is 0.688. The number of ether oxygens (including phenoxy) is 3. The van der Waals surface area contributed by atoms with Crippen LogP contribution < -0.4 is 15.0 Å². The summed E-state index contributed by atoms with van der Waals surface area (Å²) in [6, 6.07) is 5.96. The molecule has 2 aliphatic heterocycles. The van der Waals surface area contributed by atoms with Crippen LogP contribution in [0.5, 0.6) is 5.75 Å². The van der Waals surface area contributed by atoms with E-state index in [1.165, 1.54) is 7.11 Å². The zero-order valence-electron chi connectivity index (χ0n) is 26.9. The van der Waals surface area contributed by atoms with Crippen molar-refractivity contribution in [2.45, 2.75) is 103 Å². The SMILES string of the molecule is C/C=C(/C(=O)OC)[C@@H]1CC[C@]23NCC[C@]2(c2cc(OC)ccc2N3C(=O)OC(C)(C)C)[C@@H]1CO[Si](C)(C)C(C)(C)C. The van der Waals surface area contributed by atoms with Gasteiger partial charge >= 0.3 is 12.1 Å². The number of carbonyl (C=O) groups excluding carboxylic acids is 2. The van der Waals surface area contributed by atoms with Crippen molar-refractivity contribution >= 4 is 26.1 Å². The number of allylic oxidation sites excluding steroid dienone is 1. The van der Waals surface area contributed by atoms with Crippen molar-refractivity contribution in [3.8, 4) is 5.75 Å². The third kappa shape index (κ3) is 5.01. The van der Waals surface area contributed by atoms with Gasteiger partial charge in [-0.05, 0) is 101 Å². The van der Waals surface area contributed by atoms with Crippen LogP contribution in [0.25, 0.3) is 0 Å². The monoisotopic (exact) mass is 586 g/mol. The van der Waals surface area contributed by atoms with Crippen molar-refractivity contribution in [3.05, 3.63) is 35.4 Å². The van der Waals surface area contributed by atoms with Gasteiger partial charge in [-0.2, -0.15) is 0 Å². The number of anilines is 1. The highest BCUT2D eigenvalue weighted by molar-refractivity contribution is 6.74. The van der Waals surface area contributed by atoms with Gasteiger partial charge in [-0.25, -0.2) is 9.59 Å². The third-order valence-electron chi connectivity index (χ3n) is 10.1. The molecule has 0 bridgehead atoms. The molecule has 1 saturated carbocycles. The molecule has 0 aromatic heterocycles. The van der Waals surface area contributed by atoms with Gasteiger partial charge in [-0.1, -0.05) is 26.8 Å². The average molecular weight is 587 g/mol. The van der Waals surface area contributed by atoms with E-state index in [1.807, 2.05) is 50.8 Å². The second kappa shape index (κ2) is 10.7. The van der Waals surface area contributed by atoms with Crippen molar-refractivity contribution in [2.24, 2.45) is 11.8 Å². The van der Waals surface area contributed by atoms with Gasteiger partial charge in [0.2, 0.25) is 0 Å². The summed E-state index contributed by atoms with van der Waals surface area (Å²) in [5.74, 6) is 0.208. The molecule has 41 heavy (non-hydrogen) atoms. The van der Waals surface area contributed by atoms with Gasteiger partial charge in [-0.15, -0.1) is 0 Å². The Kier molecular flexibility index (Phi) is 8.26. The van der Waals surface area contributed by atoms with Crippen molar-refractivity contribution in [2.75, 3.05) is 32.3 Å². The molecule has 8 nitrogen and oxygen atoms in total. The van der Waals surface area contributed by atoms with Crippen LogP contribution in [0, 0.1) is 11.8 Å². The summed E-state index contributed by atoms with van der Waals surface area (Å²) in [6.07, 6.45) is 3.65. The van der Waals surface area contributed by atoms with E-state index in [0.717, 1.165) is 30.0 Å². The number of fused-ring (bicyclic) bond motifs is 1. The van der Waals surface area contributed by atoms with Crippen molar-refractivity contribution in [1.29, 1.82) is 0 Å². The molecule has 1 aromatic carbocycles. The number of methoxy groups -OCH3 is 2. The van der Waals surface area contributed by atoms with E-state index in [9.17, 15) is 9.59 Å². The van der Waals surface area contributed by atoms with E-state index in [1.54, 1.807) is 7.11 Å². The van der Waals surface area contributed by atoms with Crippen LogP contribution >= 0.6 is 0 Å². The smallest absolute Gasteiger partial charge is 0.416 e. The lowest BCUT2D eigenvalue weighted by atomic mass is 9.53. The quantitative estimate of drug-likeness (QED) is 0.230. The Morgan fingerprint density at radius 1 is 1.12 bits per heavy atom. The predicted molar refractivity (Wildman–Crippen MR) is 164 cm³/mol. The maximum Gasteiger partial charge on any atom is 0.416 e. The zero-order valence-corrected chi connectivity index (χ0v) is 27.9. The first-order valence-corrected chi connectivity index (χ1v) is 17.8. The molecule has 0 radical (unpaired) electrons. The van der Waals surface area contributed by atoms with Crippen molar-refractivity contribution in [1.82, 2.24) is 5.32 Å². The van der Waals surface area contributed by atoms with Gasteiger partial charge in [0.15, 0.2) is 8.32 Å². The lowest BCUT2D eigenvalue weighted by Crippen LogP contribution is -2.69. The van der Waals surface area contributed by atoms with Crippen LogP contribution in [0.3, 0.4) is 0 Å². The molecule has 0 spiro atoms. The number of amides is 1. The lowest BCUT2D eigenvalue weighted by Gasteiger charge is -2.55. The number of nitrogens with zero attached hydrogens (tertiary/aromatic N) is 1. The van der Waals surface area contributed by atoms with E-state index in [0.29, 0.717) is 25.0 Å². The number of carbonyl (C=O) groups is 2. The number of esters is 1. The second-order valence-corrected chi connectivity index (χ2v) is 19.1. The number of nitrogens with one attached hydrogen (secondary N) is 1. The summed E-state index contributed by atoms with van der Waals surface area (Å²) in [6.45, 7) is 20.0. The zero-order chi connectivity index (χ0) is 30.6. The Bertz CT molecular complexity index is 1220. The fourth-order valence-electron chi connectivity index (χ4n) is 7.20. The molecule has 4 rings (SSSR count). The van der Waals surface area contributed by atoms with Gasteiger partial charge in [-0.3, -0.25) is 10.2 Å². The molecule has 4 atom stereocenters. The van der Waals surface area contributed by atoms with Crippen molar-refractivity contribution < 1.29 is 28.2 Å². The summed E-state index contributed by atoms with van der Waals surface area (Å²) in [7, 11) is 0.945. The lowest BCUT2D eigenvalue weighted by molar-refractivity contribution is -0.137. The van der Waals surface area contributed by atoms with Crippen LogP contribution in [0.15, 0.2) is 29.8 Å². The van der Waals surface area contributed by atoms with E-state index in [4.69, 9.17) is 18.6 Å². The first-order chi connectivity index (χ1) is 19.0. The molecule has 1 N–H and O–H groups in total. The summed E-state index contributed by atoms with van der Waals surface area (Å²) in [5.41, 5.74) is 0.617. The average Bonchev–Trinajstić information content (AvgIpc) is 3.37. The Balaban J connectivity index is 1.96. The largest absolute Gasteiger partial charge is 0.497 e. The molecule has 1 amide bonds. The standard InChI is InChI=1S/C32H50N2O6Si/c1-12-22(27(35)38-9)23-15-16-32-31(17-18-33-32,25(23)20-39-41(10,11)30(5,6)7)24-19-21(37-8)13-14-26(24)34(32)28(36)40-29(2,3)4/h12-14,19,23,25,33H,15-18,20H2,1-11H3/b22-12+/t23-,25+,31-,32+/m0/s1. The van der Waals surface area contributed by atoms with Gasteiger partial charge in [0, 0.05) is 23.5 Å². The highest BCUT2D eigenvalue weighted by Gasteiger charge is 2.72. The molecule has 2 heterocycles. The minimum Gasteiger partial charge on any atom is -0.497 e. The minimum atomic E-state index is -2.16. The second-order valence-electron chi connectivity index (χ2n) is 14.3. The Morgan fingerprint density at radius 2 is 1.80 bits per heavy atom. The summed E-state index contributed by atoms with van der Waals surface area (Å²) >= 11 is 0. The molecule has 228 valence electrons. The molecule has 3 aliphatic rings. The highest BCUT2D eigenvalue weighted by atomic mass is 28.4. The molecule has 0 unspecified atom stereocenters. The molecule has 1 aliphatic carbocycles. The van der Waals surface area contributed by atoms with Crippen LogP contribution in [-0.2, 0) is 24.1 Å². The van der Waals surface area contributed by atoms with Gasteiger partial charge in [0.05, 0.1) is 19.9 Å². The van der Waals surface area contributed by atoms with Crippen LogP contribution in [0.1, 0.15) is 73.3 Å². The maximum absolute atomic E-state index is 14.1. The molecule has 9 heteroatoms. The van der Waals surface area contributed by atoms with Crippen molar-refractivity contribution in [3.63, 3.8) is 0 Å². The van der Waals surface area contributed by atoms with Gasteiger partial charge in [0.1, 0.15) is 17.0 Å². The summed E-state index contributed by atoms with van der Waals surface area (Å²) in [4.78, 5) is 29.1. The first kappa shape index (κ1) is 31.6. The molecular formula is C32H50N2O6Si. The van der Waals surface area contributed by atoms with Crippen LogP contribution in [0.4, 0.5) is 10.5 Å². The topological polar surface area (TPSA) is 86.3 Å². The highest BCUT2D eigenvalue weighted by Crippen LogP contribution is 2.66. The van der Waals surface area contributed by atoms with E-state index >= 15 is 0 Å². The van der Waals surface area contributed by atoms with E-state index in [2.05, 4.69) is 45.2 Å².